The molecule has 0 radical (unpaired) electrons. The van der Waals surface area contributed by atoms with Gasteiger partial charge in [-0.2, -0.15) is 0 Å². The molecule has 9 heteroatoms. The summed E-state index contributed by atoms with van der Waals surface area (Å²) in [7, 11) is 0. The molecule has 0 aliphatic heterocycles. The van der Waals surface area contributed by atoms with E-state index in [0.717, 1.165) is 32.7 Å². The Morgan fingerprint density at radius 3 is 1.72 bits per heavy atom. The molecule has 284 valence electrons. The first-order chi connectivity index (χ1) is 29.2. The van der Waals surface area contributed by atoms with Crippen molar-refractivity contribution in [2.45, 2.75) is 0 Å². The molecular formula is C51H23Cl3O6. The van der Waals surface area contributed by atoms with Gasteiger partial charge in [0.25, 0.3) is 0 Å². The lowest BCUT2D eigenvalue weighted by Gasteiger charge is -2.15. The van der Waals surface area contributed by atoms with Crippen LogP contribution in [-0.4, -0.2) is 0 Å². The number of halogens is 3. The molecule has 3 heterocycles. The van der Waals surface area contributed by atoms with Crippen molar-refractivity contribution in [3.8, 4) is 22.3 Å². The predicted molar refractivity (Wildman–Crippen MR) is 246 cm³/mol. The average Bonchev–Trinajstić information content (AvgIpc) is 3.26. The normalized spacial score (nSPS) is 12.1. The molecule has 0 unspecified atom stereocenters. The fourth-order valence-electron chi connectivity index (χ4n) is 8.81. The van der Waals surface area contributed by atoms with Crippen molar-refractivity contribution >= 4 is 133 Å². The lowest BCUT2D eigenvalue weighted by atomic mass is 9.91. The van der Waals surface area contributed by atoms with Crippen LogP contribution in [0.4, 0.5) is 0 Å². The molecule has 3 aromatic heterocycles. The third-order valence-corrected chi connectivity index (χ3v) is 12.4. The van der Waals surface area contributed by atoms with Crippen LogP contribution in [0.25, 0.3) is 120 Å². The van der Waals surface area contributed by atoms with Gasteiger partial charge in [0.1, 0.15) is 27.9 Å². The lowest BCUT2D eigenvalue weighted by molar-refractivity contribution is 0.660. The van der Waals surface area contributed by atoms with E-state index < -0.39 is 0 Å². The first kappa shape index (κ1) is 35.0. The van der Waals surface area contributed by atoms with E-state index in [0.29, 0.717) is 103 Å². The molecule has 60 heavy (non-hydrogen) atoms. The molecule has 0 aliphatic carbocycles. The van der Waals surface area contributed by atoms with Gasteiger partial charge in [0.2, 0.25) is 16.3 Å². The van der Waals surface area contributed by atoms with E-state index in [1.54, 1.807) is 60.7 Å². The van der Waals surface area contributed by atoms with E-state index in [-0.39, 0.29) is 16.3 Å². The predicted octanol–water partition coefficient (Wildman–Crippen LogP) is 14.2. The van der Waals surface area contributed by atoms with Crippen LogP contribution in [0.15, 0.2) is 167 Å². The second-order valence-electron chi connectivity index (χ2n) is 15.0. The highest BCUT2D eigenvalue weighted by Gasteiger charge is 2.22. The van der Waals surface area contributed by atoms with Gasteiger partial charge in [-0.3, -0.25) is 14.4 Å². The van der Waals surface area contributed by atoms with Gasteiger partial charge in [-0.15, -0.1) is 0 Å². The van der Waals surface area contributed by atoms with Crippen molar-refractivity contribution in [1.82, 2.24) is 0 Å². The molecule has 0 spiro atoms. The average molecular weight is 838 g/mol. The van der Waals surface area contributed by atoms with Gasteiger partial charge in [0.05, 0.1) is 37.3 Å². The number of benzene rings is 9. The van der Waals surface area contributed by atoms with E-state index in [1.807, 2.05) is 78.9 Å². The number of fused-ring (bicyclic) bond motifs is 12. The Hall–Kier alpha value is -6.96. The van der Waals surface area contributed by atoms with E-state index >= 15 is 0 Å². The quantitative estimate of drug-likeness (QED) is 0.127. The maximum atomic E-state index is 14.8. The smallest absolute Gasteiger partial charge is 0.201 e. The molecule has 0 fully saturated rings. The monoisotopic (exact) mass is 836 g/mol. The van der Waals surface area contributed by atoms with Crippen LogP contribution >= 0.6 is 34.8 Å². The van der Waals surface area contributed by atoms with E-state index in [1.165, 1.54) is 0 Å². The Bertz CT molecular complexity index is 4130. The Kier molecular flexibility index (Phi) is 7.45. The summed E-state index contributed by atoms with van der Waals surface area (Å²) in [5.74, 6) is 0. The minimum absolute atomic E-state index is 0.189. The summed E-state index contributed by atoms with van der Waals surface area (Å²) in [6, 6.07) is 42.2. The summed E-state index contributed by atoms with van der Waals surface area (Å²) in [4.78, 5) is 43.1. The molecule has 12 rings (SSSR count). The maximum Gasteiger partial charge on any atom is 0.201 e. The zero-order valence-electron chi connectivity index (χ0n) is 30.9. The first-order valence-electron chi connectivity index (χ1n) is 19.0. The van der Waals surface area contributed by atoms with Gasteiger partial charge >= 0.3 is 0 Å². The molecule has 12 aromatic rings. The Labute approximate surface area is 351 Å². The van der Waals surface area contributed by atoms with Crippen molar-refractivity contribution in [2.24, 2.45) is 0 Å². The highest BCUT2D eigenvalue weighted by molar-refractivity contribution is 6.35. The Balaban J connectivity index is 1.17. The fraction of sp³-hybridized carbons (Fsp3) is 0. The van der Waals surface area contributed by atoms with Crippen LogP contribution in [0.5, 0.6) is 0 Å². The van der Waals surface area contributed by atoms with Gasteiger partial charge in [-0.05, 0) is 116 Å². The standard InChI is InChI=1S/C51H23Cl3O6/c52-29-14-17-40-38(22-29)48(57)44-31-5-2-1-4-25(31)20-36(50(44)58-40)28-11-10-26-21-37(51-45(35(26)19-28)46(55)32-15-13-30(53)23-42(32)60-51)27-9-8-24-12-16-41-43(34(24)18-27)47(56)33-6-3-7-39(54)49(33)59-41/h1-23H. The second-order valence-corrected chi connectivity index (χ2v) is 16.3. The van der Waals surface area contributed by atoms with Crippen LogP contribution in [0.2, 0.25) is 15.1 Å². The van der Waals surface area contributed by atoms with Crippen molar-refractivity contribution in [3.05, 3.63) is 185 Å². The third-order valence-electron chi connectivity index (χ3n) is 11.6. The molecule has 0 saturated heterocycles. The third kappa shape index (κ3) is 5.05. The second kappa shape index (κ2) is 12.8. The zero-order valence-corrected chi connectivity index (χ0v) is 33.1. The summed E-state index contributed by atoms with van der Waals surface area (Å²) in [5.41, 5.74) is 4.40. The molecule has 6 nitrogen and oxygen atoms in total. The summed E-state index contributed by atoms with van der Waals surface area (Å²) >= 11 is 19.2. The minimum Gasteiger partial charge on any atom is -0.455 e. The topological polar surface area (TPSA) is 90.6 Å². The van der Waals surface area contributed by atoms with Crippen LogP contribution in [0.1, 0.15) is 0 Å². The van der Waals surface area contributed by atoms with Gasteiger partial charge < -0.3 is 13.3 Å². The molecule has 0 atom stereocenters. The van der Waals surface area contributed by atoms with Gasteiger partial charge in [0, 0.05) is 27.2 Å². The van der Waals surface area contributed by atoms with E-state index in [4.69, 9.17) is 48.1 Å². The Morgan fingerprint density at radius 2 is 0.917 bits per heavy atom. The highest BCUT2D eigenvalue weighted by Crippen LogP contribution is 2.42. The lowest BCUT2D eigenvalue weighted by Crippen LogP contribution is -2.05. The van der Waals surface area contributed by atoms with Gasteiger partial charge in [-0.1, -0.05) is 95.5 Å². The molecule has 0 bridgehead atoms. The molecule has 0 amide bonds. The molecule has 0 aliphatic rings. The zero-order chi connectivity index (χ0) is 40.6. The van der Waals surface area contributed by atoms with Crippen LogP contribution < -0.4 is 16.3 Å². The number of hydrogen-bond acceptors (Lipinski definition) is 6. The largest absolute Gasteiger partial charge is 0.455 e. The molecule has 0 saturated carbocycles. The van der Waals surface area contributed by atoms with Crippen molar-refractivity contribution in [2.75, 3.05) is 0 Å². The van der Waals surface area contributed by atoms with Crippen LogP contribution in [0, 0.1) is 0 Å². The fourth-order valence-corrected chi connectivity index (χ4v) is 9.36. The number of hydrogen-bond donors (Lipinski definition) is 0. The minimum atomic E-state index is -0.236. The maximum absolute atomic E-state index is 14.8. The first-order valence-corrected chi connectivity index (χ1v) is 20.1. The SMILES string of the molecule is O=c1c2cccc(Cl)c2oc2ccc3ccc(-c4cc5ccc(-c6cc7ccccc7c7c(=O)c8cc(Cl)ccc8oc67)cc5c5c(=O)c6ccc(Cl)cc6oc45)cc3c12. The highest BCUT2D eigenvalue weighted by atomic mass is 35.5. The molecular weight excluding hydrogens is 815 g/mol. The number of para-hydroxylation sites is 1. The van der Waals surface area contributed by atoms with Gasteiger partial charge in [-0.25, -0.2) is 0 Å². The van der Waals surface area contributed by atoms with E-state index in [2.05, 4.69) is 0 Å². The van der Waals surface area contributed by atoms with Crippen molar-refractivity contribution in [1.29, 1.82) is 0 Å². The van der Waals surface area contributed by atoms with Gasteiger partial charge in [0.15, 0.2) is 5.58 Å². The molecule has 9 aromatic carbocycles. The summed E-state index contributed by atoms with van der Waals surface area (Å²) < 4.78 is 19.5. The Morgan fingerprint density at radius 1 is 0.350 bits per heavy atom. The van der Waals surface area contributed by atoms with Crippen molar-refractivity contribution < 1.29 is 13.3 Å². The van der Waals surface area contributed by atoms with Crippen LogP contribution in [0.3, 0.4) is 0 Å². The van der Waals surface area contributed by atoms with Crippen LogP contribution in [-0.2, 0) is 0 Å². The van der Waals surface area contributed by atoms with Crippen molar-refractivity contribution in [3.63, 3.8) is 0 Å². The summed E-state index contributed by atoms with van der Waals surface area (Å²) in [6.45, 7) is 0. The van der Waals surface area contributed by atoms with E-state index in [9.17, 15) is 14.4 Å². The summed E-state index contributed by atoms with van der Waals surface area (Å²) in [6.07, 6.45) is 0. The number of rotatable bonds is 2. The summed E-state index contributed by atoms with van der Waals surface area (Å²) in [5, 5.41) is 8.10. The molecule has 0 N–H and O–H groups in total.